The summed E-state index contributed by atoms with van der Waals surface area (Å²) in [5, 5.41) is 5.40. The molecular formula is C86H94Cl2Zr2-4. The van der Waals surface area contributed by atoms with E-state index in [4.69, 9.17) is 0 Å². The van der Waals surface area contributed by atoms with Gasteiger partial charge in [0.15, 0.2) is 0 Å². The Morgan fingerprint density at radius 2 is 0.711 bits per heavy atom. The zero-order chi connectivity index (χ0) is 63.4. The van der Waals surface area contributed by atoms with E-state index in [1.165, 1.54) is 131 Å². The van der Waals surface area contributed by atoms with Crippen molar-refractivity contribution >= 4 is 29.7 Å². The van der Waals surface area contributed by atoms with E-state index in [9.17, 15) is 0 Å². The summed E-state index contributed by atoms with van der Waals surface area (Å²) >= 11 is 2.92. The van der Waals surface area contributed by atoms with Gasteiger partial charge in [-0.2, -0.15) is 35.5 Å². The van der Waals surface area contributed by atoms with Crippen LogP contribution in [0.15, 0.2) is 239 Å². The zero-order valence-electron chi connectivity index (χ0n) is 56.6. The molecule has 464 valence electrons. The summed E-state index contributed by atoms with van der Waals surface area (Å²) in [4.78, 5) is 0. The number of hydrogen-bond donors (Lipinski definition) is 0. The fraction of sp³-hybridized carbons (Fsp3) is 0.326. The van der Waals surface area contributed by atoms with Gasteiger partial charge in [0.1, 0.15) is 0 Å². The first-order valence-electron chi connectivity index (χ1n) is 32.4. The summed E-state index contributed by atoms with van der Waals surface area (Å²) in [6.45, 7) is 37.2. The molecular weight excluding hydrogens is 1290 g/mol. The fourth-order valence-corrected chi connectivity index (χ4v) is 15.3. The van der Waals surface area contributed by atoms with Gasteiger partial charge in [-0.05, 0) is 104 Å². The minimum absolute atomic E-state index is 0. The van der Waals surface area contributed by atoms with E-state index in [1.807, 2.05) is 0 Å². The second-order valence-corrected chi connectivity index (χ2v) is 30.9. The van der Waals surface area contributed by atoms with Crippen LogP contribution in [0, 0.1) is 33.8 Å². The van der Waals surface area contributed by atoms with Crippen molar-refractivity contribution in [2.75, 3.05) is 0 Å². The Kier molecular flexibility index (Phi) is 23.9. The van der Waals surface area contributed by atoms with Crippen LogP contribution in [0.1, 0.15) is 183 Å². The quantitative estimate of drug-likeness (QED) is 0.120. The number of fused-ring (bicyclic) bond motifs is 4. The number of allylic oxidation sites excluding steroid dienone is 16. The van der Waals surface area contributed by atoms with Gasteiger partial charge in [0.2, 0.25) is 0 Å². The van der Waals surface area contributed by atoms with Gasteiger partial charge in [0.05, 0.1) is 0 Å². The molecule has 6 aliphatic carbocycles. The summed E-state index contributed by atoms with van der Waals surface area (Å²) < 4.78 is 2.83. The molecule has 0 radical (unpaired) electrons. The number of halogens is 2. The predicted octanol–water partition coefficient (Wildman–Crippen LogP) is 13.0. The third kappa shape index (κ3) is 15.2. The van der Waals surface area contributed by atoms with Crippen molar-refractivity contribution in [1.29, 1.82) is 0 Å². The Bertz CT molecular complexity index is 3790. The van der Waals surface area contributed by atoms with Gasteiger partial charge in [-0.1, -0.05) is 204 Å². The van der Waals surface area contributed by atoms with Gasteiger partial charge in [-0.25, -0.2) is 0 Å². The SMILES string of the molecule is CCC1=CCC(C2(C(C)(C)C)[C-]=C3C=c4cc(C(C)(C)C)ccc4=C3C=C2)=C1CC.CCC1=CCC(C2(C(C)(C)C)[C-]=C3C=c4cc(C(C)(C)C)ccc4=C3C=C2)=C1CC.[Cl-].[Cl-].[Zr]=[C](c1ccccc1)c1ccccc1.[Zr]=[C](c1ccccc1)c1ccccc1. The molecule has 6 aromatic carbocycles. The average molecular weight is 1380 g/mol. The van der Waals surface area contributed by atoms with E-state index < -0.39 is 0 Å². The van der Waals surface area contributed by atoms with Gasteiger partial charge < -0.3 is 24.8 Å². The van der Waals surface area contributed by atoms with E-state index in [0.717, 1.165) is 38.5 Å². The van der Waals surface area contributed by atoms with Gasteiger partial charge in [0, 0.05) is 0 Å². The summed E-state index contributed by atoms with van der Waals surface area (Å²) in [6, 6.07) is 56.2. The van der Waals surface area contributed by atoms with Crippen LogP contribution in [-0.2, 0) is 59.3 Å². The van der Waals surface area contributed by atoms with Gasteiger partial charge in [-0.15, -0.1) is 23.3 Å². The summed E-state index contributed by atoms with van der Waals surface area (Å²) in [5.41, 5.74) is 22.8. The van der Waals surface area contributed by atoms with Crippen molar-refractivity contribution < 1.29 is 73.3 Å². The number of hydrogen-bond acceptors (Lipinski definition) is 0. The first-order valence-corrected chi connectivity index (χ1v) is 34.9. The molecule has 0 fully saturated rings. The van der Waals surface area contributed by atoms with Crippen LogP contribution >= 0.6 is 0 Å². The van der Waals surface area contributed by atoms with Crippen molar-refractivity contribution in [3.63, 3.8) is 0 Å². The molecule has 0 spiro atoms. The van der Waals surface area contributed by atoms with Crippen LogP contribution < -0.4 is 45.7 Å². The van der Waals surface area contributed by atoms with Crippen LogP contribution in [-0.4, -0.2) is 6.41 Å². The van der Waals surface area contributed by atoms with Gasteiger partial charge in [0.25, 0.3) is 0 Å². The molecule has 2 atom stereocenters. The fourth-order valence-electron chi connectivity index (χ4n) is 13.6. The molecule has 0 saturated heterocycles. The molecule has 2 unspecified atom stereocenters. The molecule has 0 heterocycles. The van der Waals surface area contributed by atoms with Crippen LogP contribution in [0.2, 0.25) is 0 Å². The van der Waals surface area contributed by atoms with Crippen LogP contribution in [0.4, 0.5) is 0 Å². The molecule has 0 saturated carbocycles. The minimum atomic E-state index is -0.157. The van der Waals surface area contributed by atoms with Crippen molar-refractivity contribution in [1.82, 2.24) is 0 Å². The van der Waals surface area contributed by atoms with Crippen LogP contribution in [0.25, 0.3) is 23.3 Å². The standard InChI is InChI=1S/2C30H37.2C13H10.2ClH.2Zr/c2*1-9-20-11-14-27(24(20)10-2)30(29(6,7)8)16-15-26-22(19-30)17-21-18-23(28(3,4)5)12-13-25(21)26;2*1-3-7-12(8-4-1)11-13-9-5-2-6-10-13;;;;/h2*11-13,15-18H,9-10,14H2,1-8H3;2*1-10H;2*1H;;/q2*-1;;;;;;/p-2. The molecule has 6 aromatic rings. The molecule has 0 bridgehead atoms. The molecule has 6 aliphatic rings. The summed E-state index contributed by atoms with van der Waals surface area (Å²) in [7, 11) is 0. The first kappa shape index (κ1) is 72.2. The maximum absolute atomic E-state index is 4.07. The van der Waals surface area contributed by atoms with Crippen LogP contribution in [0.5, 0.6) is 0 Å². The zero-order valence-corrected chi connectivity index (χ0v) is 63.1. The molecule has 12 rings (SSSR count). The maximum atomic E-state index is 4.07. The van der Waals surface area contributed by atoms with Crippen molar-refractivity contribution in [2.45, 2.75) is 160 Å². The topological polar surface area (TPSA) is 0 Å². The second-order valence-electron chi connectivity index (χ2n) is 28.5. The van der Waals surface area contributed by atoms with E-state index in [2.05, 4.69) is 329 Å². The Morgan fingerprint density at radius 3 is 0.967 bits per heavy atom. The van der Waals surface area contributed by atoms with Crippen molar-refractivity contribution in [3.05, 3.63) is 305 Å². The molecule has 0 amide bonds. The van der Waals surface area contributed by atoms with E-state index in [0.29, 0.717) is 0 Å². The Hall–Kier alpha value is -5.19. The average Bonchev–Trinajstić information content (AvgIpc) is 1.53. The van der Waals surface area contributed by atoms with Crippen LogP contribution in [0.3, 0.4) is 0 Å². The molecule has 0 N–H and O–H groups in total. The molecule has 0 aromatic heterocycles. The number of benzene rings is 6. The second kappa shape index (κ2) is 29.8. The number of rotatable bonds is 10. The normalized spacial score (nSPS) is 18.5. The van der Waals surface area contributed by atoms with Gasteiger partial charge in [-0.3, -0.25) is 0 Å². The van der Waals surface area contributed by atoms with Crippen molar-refractivity contribution in [3.8, 4) is 0 Å². The third-order valence-electron chi connectivity index (χ3n) is 18.9. The summed E-state index contributed by atoms with van der Waals surface area (Å²) in [6.07, 6.45) is 34.1. The Morgan fingerprint density at radius 1 is 0.411 bits per heavy atom. The molecule has 0 nitrogen and oxygen atoms in total. The predicted molar refractivity (Wildman–Crippen MR) is 373 cm³/mol. The van der Waals surface area contributed by atoms with E-state index in [1.54, 1.807) is 33.4 Å². The molecule has 4 heteroatoms. The van der Waals surface area contributed by atoms with Crippen molar-refractivity contribution in [2.24, 2.45) is 21.7 Å². The molecule has 0 aliphatic heterocycles. The Labute approximate surface area is 584 Å². The summed E-state index contributed by atoms with van der Waals surface area (Å²) in [5.74, 6) is 0. The molecule has 90 heavy (non-hydrogen) atoms. The van der Waals surface area contributed by atoms with E-state index >= 15 is 0 Å². The third-order valence-corrected chi connectivity index (χ3v) is 21.7. The first-order chi connectivity index (χ1) is 41.8. The Balaban J connectivity index is 0.000000179. The monoisotopic (exact) mass is 1380 g/mol. The van der Waals surface area contributed by atoms with Gasteiger partial charge >= 0.3 is 198 Å². The van der Waals surface area contributed by atoms with E-state index in [-0.39, 0.29) is 57.3 Å².